The molecule has 1 amide bonds. The molecule has 9 heteroatoms. The van der Waals surface area contributed by atoms with E-state index in [9.17, 15) is 13.2 Å². The molecule has 0 bridgehead atoms. The van der Waals surface area contributed by atoms with Gasteiger partial charge in [-0.25, -0.2) is 8.42 Å². The lowest BCUT2D eigenvalue weighted by Gasteiger charge is -2.43. The van der Waals surface area contributed by atoms with Gasteiger partial charge in [0.05, 0.1) is 38.3 Å². The summed E-state index contributed by atoms with van der Waals surface area (Å²) in [5, 5.41) is 0.513. The lowest BCUT2D eigenvalue weighted by molar-refractivity contribution is -0.123. The molecule has 2 aromatic rings. The van der Waals surface area contributed by atoms with Crippen molar-refractivity contribution in [3.05, 3.63) is 53.1 Å². The molecule has 4 rings (SSSR count). The van der Waals surface area contributed by atoms with Crippen LogP contribution in [0.1, 0.15) is 5.56 Å². The first-order valence-corrected chi connectivity index (χ1v) is 12.2. The van der Waals surface area contributed by atoms with Crippen LogP contribution in [0.5, 0.6) is 11.5 Å². The van der Waals surface area contributed by atoms with Crippen LogP contribution in [0.2, 0.25) is 5.02 Å². The summed E-state index contributed by atoms with van der Waals surface area (Å²) in [6.45, 7) is 0.734. The number of nitrogens with zero attached hydrogens (tertiary/aromatic N) is 2. The number of carbonyl (C=O) groups excluding carboxylic acids is 1. The largest absolute Gasteiger partial charge is 0.493 e. The van der Waals surface area contributed by atoms with E-state index in [1.165, 1.54) is 0 Å². The number of rotatable bonds is 6. The molecule has 0 radical (unpaired) electrons. The van der Waals surface area contributed by atoms with Gasteiger partial charge in [-0.15, -0.1) is 0 Å². The molecule has 0 saturated carbocycles. The van der Waals surface area contributed by atoms with Crippen molar-refractivity contribution >= 4 is 33.0 Å². The summed E-state index contributed by atoms with van der Waals surface area (Å²) in [6, 6.07) is 12.0. The molecule has 2 saturated heterocycles. The predicted molar refractivity (Wildman–Crippen MR) is 120 cm³/mol. The molecule has 2 atom stereocenters. The highest BCUT2D eigenvalue weighted by Gasteiger charge is 2.49. The molecule has 0 aromatic heterocycles. The van der Waals surface area contributed by atoms with Crippen LogP contribution in [0, 0.1) is 0 Å². The van der Waals surface area contributed by atoms with Crippen molar-refractivity contribution in [3.63, 3.8) is 0 Å². The van der Waals surface area contributed by atoms with Gasteiger partial charge in [-0.2, -0.15) is 0 Å². The topological polar surface area (TPSA) is 76.2 Å². The number of ether oxygens (including phenoxy) is 2. The fourth-order valence-electron chi connectivity index (χ4n) is 4.47. The summed E-state index contributed by atoms with van der Waals surface area (Å²) < 4.78 is 35.6. The lowest BCUT2D eigenvalue weighted by atomic mass is 10.0. The lowest BCUT2D eigenvalue weighted by Crippen LogP contribution is -2.62. The van der Waals surface area contributed by atoms with Crippen LogP contribution in [-0.4, -0.2) is 70.1 Å². The zero-order valence-corrected chi connectivity index (χ0v) is 19.0. The molecule has 0 N–H and O–H groups in total. The van der Waals surface area contributed by atoms with Gasteiger partial charge in [0, 0.05) is 23.3 Å². The average molecular weight is 465 g/mol. The van der Waals surface area contributed by atoms with Gasteiger partial charge in [-0.05, 0) is 42.3 Å². The van der Waals surface area contributed by atoms with Crippen molar-refractivity contribution in [2.24, 2.45) is 0 Å². The highest BCUT2D eigenvalue weighted by atomic mass is 35.5. The van der Waals surface area contributed by atoms with Crippen molar-refractivity contribution in [2.75, 3.05) is 43.7 Å². The molecule has 2 aliphatic rings. The van der Waals surface area contributed by atoms with Crippen molar-refractivity contribution < 1.29 is 22.7 Å². The molecular formula is C22H25ClN2O5S. The minimum absolute atomic E-state index is 0.0389. The minimum Gasteiger partial charge on any atom is -0.493 e. The Labute approximate surface area is 187 Å². The van der Waals surface area contributed by atoms with Crippen molar-refractivity contribution in [1.82, 2.24) is 4.90 Å². The number of hydrogen-bond donors (Lipinski definition) is 0. The van der Waals surface area contributed by atoms with E-state index in [0.717, 1.165) is 5.56 Å². The maximum atomic E-state index is 13.1. The number of methoxy groups -OCH3 is 2. The first-order chi connectivity index (χ1) is 14.8. The van der Waals surface area contributed by atoms with Crippen LogP contribution in [0.25, 0.3) is 0 Å². The van der Waals surface area contributed by atoms with E-state index in [0.29, 0.717) is 35.2 Å². The maximum absolute atomic E-state index is 13.1. The van der Waals surface area contributed by atoms with Crippen molar-refractivity contribution in [2.45, 2.75) is 18.5 Å². The average Bonchev–Trinajstić information content (AvgIpc) is 3.06. The Bertz CT molecular complexity index is 1090. The number of halogens is 1. The second-order valence-electron chi connectivity index (χ2n) is 7.87. The summed E-state index contributed by atoms with van der Waals surface area (Å²) in [7, 11) is -0.0708. The minimum atomic E-state index is -3.24. The number of sulfone groups is 1. The molecule has 2 fully saturated rings. The highest BCUT2D eigenvalue weighted by Crippen LogP contribution is 2.33. The number of carbonyl (C=O) groups is 1. The van der Waals surface area contributed by atoms with Gasteiger partial charge in [0.2, 0.25) is 5.91 Å². The van der Waals surface area contributed by atoms with E-state index in [2.05, 4.69) is 0 Å². The standard InChI is InChI=1S/C22H25ClN2O5S/c1-29-20-7-6-15(10-21(20)30-2)8-9-24-12-22(26)25(17-5-3-4-16(23)11-17)19-14-31(27,28)13-18(19)24/h3-7,10-11,18-19H,8-9,12-14H2,1-2H3/t18-,19-/m1/s1. The number of benzene rings is 2. The molecule has 2 heterocycles. The number of anilines is 1. The Balaban J connectivity index is 1.56. The molecule has 0 aliphatic carbocycles. The van der Waals surface area contributed by atoms with E-state index in [1.54, 1.807) is 43.4 Å². The van der Waals surface area contributed by atoms with E-state index in [-0.39, 0.29) is 30.0 Å². The SMILES string of the molecule is COc1ccc(CCN2CC(=O)N(c3cccc(Cl)c3)[C@@H]3CS(=O)(=O)C[C@H]32)cc1OC. The summed E-state index contributed by atoms with van der Waals surface area (Å²) in [5.74, 6) is 1.19. The Morgan fingerprint density at radius 2 is 1.77 bits per heavy atom. The van der Waals surface area contributed by atoms with Crippen LogP contribution in [0.4, 0.5) is 5.69 Å². The normalized spacial score (nSPS) is 22.9. The van der Waals surface area contributed by atoms with Gasteiger partial charge in [0.1, 0.15) is 0 Å². The number of hydrogen-bond acceptors (Lipinski definition) is 6. The third-order valence-corrected chi connectivity index (χ3v) is 7.86. The molecule has 7 nitrogen and oxygen atoms in total. The Kier molecular flexibility index (Phi) is 6.14. The Morgan fingerprint density at radius 1 is 1.03 bits per heavy atom. The quantitative estimate of drug-likeness (QED) is 0.653. The van der Waals surface area contributed by atoms with Gasteiger partial charge >= 0.3 is 0 Å². The van der Waals surface area contributed by atoms with Crippen LogP contribution in [-0.2, 0) is 21.1 Å². The van der Waals surface area contributed by atoms with Gasteiger partial charge < -0.3 is 14.4 Å². The van der Waals surface area contributed by atoms with Crippen LogP contribution in [0.15, 0.2) is 42.5 Å². The molecule has 2 aromatic carbocycles. The van der Waals surface area contributed by atoms with Gasteiger partial charge in [0.25, 0.3) is 0 Å². The van der Waals surface area contributed by atoms with E-state index >= 15 is 0 Å². The molecule has 31 heavy (non-hydrogen) atoms. The Morgan fingerprint density at radius 3 is 2.48 bits per heavy atom. The maximum Gasteiger partial charge on any atom is 0.241 e. The number of amides is 1. The number of fused-ring (bicyclic) bond motifs is 1. The van der Waals surface area contributed by atoms with Gasteiger partial charge in [0.15, 0.2) is 21.3 Å². The van der Waals surface area contributed by atoms with Crippen LogP contribution < -0.4 is 14.4 Å². The summed E-state index contributed by atoms with van der Waals surface area (Å²) in [6.07, 6.45) is 0.661. The molecule has 2 aliphatic heterocycles. The van der Waals surface area contributed by atoms with E-state index in [1.807, 2.05) is 23.1 Å². The first kappa shape index (κ1) is 21.9. The fraction of sp³-hybridized carbons (Fsp3) is 0.409. The van der Waals surface area contributed by atoms with Gasteiger partial charge in [-0.3, -0.25) is 9.69 Å². The molecule has 166 valence electrons. The Hall–Kier alpha value is -2.29. The van der Waals surface area contributed by atoms with Crippen molar-refractivity contribution in [3.8, 4) is 11.5 Å². The summed E-state index contributed by atoms with van der Waals surface area (Å²) in [4.78, 5) is 16.7. The third kappa shape index (κ3) is 4.51. The predicted octanol–water partition coefficient (Wildman–Crippen LogP) is 2.41. The van der Waals surface area contributed by atoms with E-state index < -0.39 is 15.9 Å². The smallest absolute Gasteiger partial charge is 0.241 e. The zero-order chi connectivity index (χ0) is 22.2. The monoisotopic (exact) mass is 464 g/mol. The summed E-state index contributed by atoms with van der Waals surface area (Å²) in [5.41, 5.74) is 1.67. The molecule has 0 spiro atoms. The fourth-order valence-corrected chi connectivity index (χ4v) is 6.64. The second kappa shape index (κ2) is 8.68. The zero-order valence-electron chi connectivity index (χ0n) is 17.5. The van der Waals surface area contributed by atoms with Crippen LogP contribution >= 0.6 is 11.6 Å². The molecular weight excluding hydrogens is 440 g/mol. The molecule has 0 unspecified atom stereocenters. The highest BCUT2D eigenvalue weighted by molar-refractivity contribution is 7.91. The summed E-state index contributed by atoms with van der Waals surface area (Å²) >= 11 is 6.12. The third-order valence-electron chi connectivity index (χ3n) is 5.92. The van der Waals surface area contributed by atoms with Gasteiger partial charge in [-0.1, -0.05) is 23.7 Å². The van der Waals surface area contributed by atoms with Crippen molar-refractivity contribution in [1.29, 1.82) is 0 Å². The van der Waals surface area contributed by atoms with E-state index in [4.69, 9.17) is 21.1 Å². The first-order valence-electron chi connectivity index (χ1n) is 10.0. The second-order valence-corrected chi connectivity index (χ2v) is 10.5. The number of piperazine rings is 1. The van der Waals surface area contributed by atoms with Crippen LogP contribution in [0.3, 0.4) is 0 Å².